The first kappa shape index (κ1) is 13.7. The van der Waals surface area contributed by atoms with E-state index < -0.39 is 5.97 Å². The van der Waals surface area contributed by atoms with Crippen LogP contribution < -0.4 is 0 Å². The molecule has 6 heteroatoms. The van der Waals surface area contributed by atoms with Crippen molar-refractivity contribution in [3.63, 3.8) is 0 Å². The summed E-state index contributed by atoms with van der Waals surface area (Å²) in [5.41, 5.74) is 1.22. The Balaban J connectivity index is 2.48. The lowest BCUT2D eigenvalue weighted by atomic mass is 10.1. The van der Waals surface area contributed by atoms with Gasteiger partial charge in [-0.25, -0.2) is 9.18 Å². The Hall–Kier alpha value is -1.69. The van der Waals surface area contributed by atoms with Crippen molar-refractivity contribution >= 4 is 21.9 Å². The number of carbonyl (C=O) groups is 1. The molecule has 0 amide bonds. The van der Waals surface area contributed by atoms with Crippen LogP contribution in [0.25, 0.3) is 11.3 Å². The lowest BCUT2D eigenvalue weighted by Gasteiger charge is -2.03. The minimum Gasteiger partial charge on any atom is -0.462 e. The number of hydrogen-bond donors (Lipinski definition) is 0. The molecule has 100 valence electrons. The van der Waals surface area contributed by atoms with Crippen LogP contribution in [0.2, 0.25) is 0 Å². The summed E-state index contributed by atoms with van der Waals surface area (Å²) in [6, 6.07) is 5.67. The monoisotopic (exact) mass is 327 g/mol. The van der Waals surface area contributed by atoms with Crippen molar-refractivity contribution in [2.45, 2.75) is 12.3 Å². The molecule has 0 saturated heterocycles. The Bertz CT molecular complexity index is 580. The summed E-state index contributed by atoms with van der Waals surface area (Å²) in [6.45, 7) is 1.98. The SMILES string of the molecule is CCOC(=O)c1c(-c2ccc(F)cc2)noc1CBr. The summed E-state index contributed by atoms with van der Waals surface area (Å²) in [6.07, 6.45) is 0. The molecule has 0 aliphatic rings. The molecule has 2 aromatic rings. The average Bonchev–Trinajstić information content (AvgIpc) is 2.83. The van der Waals surface area contributed by atoms with Gasteiger partial charge in [0.1, 0.15) is 17.1 Å². The minimum atomic E-state index is -0.502. The van der Waals surface area contributed by atoms with E-state index in [1.165, 1.54) is 24.3 Å². The number of carbonyl (C=O) groups excluding carboxylic acids is 1. The number of benzene rings is 1. The van der Waals surface area contributed by atoms with Gasteiger partial charge < -0.3 is 9.26 Å². The fourth-order valence-corrected chi connectivity index (χ4v) is 2.02. The molecule has 1 aromatic carbocycles. The van der Waals surface area contributed by atoms with Crippen LogP contribution in [0.5, 0.6) is 0 Å². The number of ether oxygens (including phenoxy) is 1. The number of aromatic nitrogens is 1. The van der Waals surface area contributed by atoms with Crippen molar-refractivity contribution in [1.82, 2.24) is 5.16 Å². The standard InChI is InChI=1S/C13H11BrFNO3/c1-2-18-13(17)11-10(7-14)19-16-12(11)8-3-5-9(15)6-4-8/h3-6H,2,7H2,1H3. The lowest BCUT2D eigenvalue weighted by Crippen LogP contribution is -2.07. The number of nitrogens with zero attached hydrogens (tertiary/aromatic N) is 1. The van der Waals surface area contributed by atoms with E-state index in [0.717, 1.165) is 0 Å². The van der Waals surface area contributed by atoms with Gasteiger partial charge in [-0.15, -0.1) is 0 Å². The Morgan fingerprint density at radius 1 is 1.42 bits per heavy atom. The van der Waals surface area contributed by atoms with E-state index in [2.05, 4.69) is 21.1 Å². The van der Waals surface area contributed by atoms with E-state index >= 15 is 0 Å². The zero-order valence-corrected chi connectivity index (χ0v) is 11.7. The normalized spacial score (nSPS) is 10.5. The van der Waals surface area contributed by atoms with Crippen LogP contribution >= 0.6 is 15.9 Å². The van der Waals surface area contributed by atoms with Crippen molar-refractivity contribution in [2.24, 2.45) is 0 Å². The molecule has 0 unspecified atom stereocenters. The number of hydrogen-bond acceptors (Lipinski definition) is 4. The number of rotatable bonds is 4. The molecule has 0 saturated carbocycles. The molecule has 1 heterocycles. The van der Waals surface area contributed by atoms with E-state index in [1.807, 2.05) is 0 Å². The first-order valence-corrected chi connectivity index (χ1v) is 6.77. The van der Waals surface area contributed by atoms with Crippen molar-refractivity contribution in [3.8, 4) is 11.3 Å². The molecule has 4 nitrogen and oxygen atoms in total. The Morgan fingerprint density at radius 3 is 2.68 bits per heavy atom. The highest BCUT2D eigenvalue weighted by Gasteiger charge is 2.24. The lowest BCUT2D eigenvalue weighted by molar-refractivity contribution is 0.0525. The van der Waals surface area contributed by atoms with Crippen molar-refractivity contribution in [1.29, 1.82) is 0 Å². The van der Waals surface area contributed by atoms with Crippen LogP contribution in [0.15, 0.2) is 28.8 Å². The second-order valence-electron chi connectivity index (χ2n) is 3.69. The third-order valence-electron chi connectivity index (χ3n) is 2.48. The summed E-state index contributed by atoms with van der Waals surface area (Å²) >= 11 is 3.22. The van der Waals surface area contributed by atoms with Gasteiger partial charge in [-0.05, 0) is 31.2 Å². The van der Waals surface area contributed by atoms with Crippen LogP contribution in [0.1, 0.15) is 23.0 Å². The van der Waals surface area contributed by atoms with E-state index in [4.69, 9.17) is 9.26 Å². The number of halogens is 2. The third-order valence-corrected chi connectivity index (χ3v) is 2.99. The molecule has 19 heavy (non-hydrogen) atoms. The average molecular weight is 328 g/mol. The van der Waals surface area contributed by atoms with Gasteiger partial charge in [-0.1, -0.05) is 21.1 Å². The van der Waals surface area contributed by atoms with Gasteiger partial charge in [-0.3, -0.25) is 0 Å². The maximum atomic E-state index is 12.9. The topological polar surface area (TPSA) is 52.3 Å². The van der Waals surface area contributed by atoms with Crippen molar-refractivity contribution in [3.05, 3.63) is 41.4 Å². The zero-order valence-electron chi connectivity index (χ0n) is 10.2. The van der Waals surface area contributed by atoms with Gasteiger partial charge in [-0.2, -0.15) is 0 Å². The fraction of sp³-hybridized carbons (Fsp3) is 0.231. The molecular weight excluding hydrogens is 317 g/mol. The third kappa shape index (κ3) is 2.84. The molecule has 0 aliphatic carbocycles. The second-order valence-corrected chi connectivity index (χ2v) is 4.25. The molecule has 0 spiro atoms. The Kier molecular flexibility index (Phi) is 4.31. The highest BCUT2D eigenvalue weighted by atomic mass is 79.9. The van der Waals surface area contributed by atoms with Crippen LogP contribution in [0.3, 0.4) is 0 Å². The second kappa shape index (κ2) is 5.97. The predicted molar refractivity (Wildman–Crippen MR) is 70.5 cm³/mol. The molecule has 0 N–H and O–H groups in total. The molecule has 0 atom stereocenters. The molecule has 2 rings (SSSR count). The highest BCUT2D eigenvalue weighted by Crippen LogP contribution is 2.27. The minimum absolute atomic E-state index is 0.259. The smallest absolute Gasteiger partial charge is 0.344 e. The summed E-state index contributed by atoms with van der Waals surface area (Å²) < 4.78 is 23.0. The largest absolute Gasteiger partial charge is 0.462 e. The van der Waals surface area contributed by atoms with Crippen LogP contribution in [-0.2, 0) is 10.1 Å². The first-order chi connectivity index (χ1) is 9.17. The number of alkyl halides is 1. The van der Waals surface area contributed by atoms with Crippen molar-refractivity contribution in [2.75, 3.05) is 6.61 Å². The van der Waals surface area contributed by atoms with E-state index in [9.17, 15) is 9.18 Å². The Labute approximate surface area is 117 Å². The van der Waals surface area contributed by atoms with Crippen LogP contribution in [0, 0.1) is 5.82 Å². The van der Waals surface area contributed by atoms with Gasteiger partial charge in [0.05, 0.1) is 11.9 Å². The molecular formula is C13H11BrFNO3. The molecule has 0 fully saturated rings. The van der Waals surface area contributed by atoms with E-state index in [0.29, 0.717) is 22.3 Å². The molecule has 0 bridgehead atoms. The summed E-state index contributed by atoms with van der Waals surface area (Å²) in [5, 5.41) is 4.20. The van der Waals surface area contributed by atoms with Gasteiger partial charge in [0.15, 0.2) is 5.76 Å². The summed E-state index contributed by atoms with van der Waals surface area (Å²) in [7, 11) is 0. The predicted octanol–water partition coefficient (Wildman–Crippen LogP) is 3.55. The maximum absolute atomic E-state index is 12.9. The van der Waals surface area contributed by atoms with Gasteiger partial charge in [0.25, 0.3) is 0 Å². The zero-order chi connectivity index (χ0) is 13.8. The summed E-state index contributed by atoms with van der Waals surface area (Å²) in [4.78, 5) is 11.9. The van der Waals surface area contributed by atoms with Gasteiger partial charge >= 0.3 is 5.97 Å². The fourth-order valence-electron chi connectivity index (χ4n) is 1.63. The molecule has 0 aliphatic heterocycles. The van der Waals surface area contributed by atoms with E-state index in [1.54, 1.807) is 6.92 Å². The first-order valence-electron chi connectivity index (χ1n) is 5.65. The maximum Gasteiger partial charge on any atom is 0.344 e. The quantitative estimate of drug-likeness (QED) is 0.636. The van der Waals surface area contributed by atoms with Gasteiger partial charge in [0, 0.05) is 5.56 Å². The number of esters is 1. The molecule has 1 aromatic heterocycles. The van der Waals surface area contributed by atoms with Gasteiger partial charge in [0.2, 0.25) is 0 Å². The Morgan fingerprint density at radius 2 is 2.11 bits per heavy atom. The van der Waals surface area contributed by atoms with E-state index in [-0.39, 0.29) is 18.0 Å². The van der Waals surface area contributed by atoms with Crippen LogP contribution in [-0.4, -0.2) is 17.7 Å². The highest BCUT2D eigenvalue weighted by molar-refractivity contribution is 9.08. The molecule has 0 radical (unpaired) electrons. The van der Waals surface area contributed by atoms with Crippen molar-refractivity contribution < 1.29 is 18.4 Å². The summed E-state index contributed by atoms with van der Waals surface area (Å²) in [5.74, 6) is -0.471. The van der Waals surface area contributed by atoms with Crippen LogP contribution in [0.4, 0.5) is 4.39 Å².